The third kappa shape index (κ3) is 8.46. The van der Waals surface area contributed by atoms with Crippen LogP contribution in [0.4, 0.5) is 0 Å². The fourth-order valence-electron chi connectivity index (χ4n) is 1.42. The normalized spacial score (nSPS) is 11.5. The minimum absolute atomic E-state index is 0.0412. The van der Waals surface area contributed by atoms with Gasteiger partial charge in [-0.25, -0.2) is 0 Å². The lowest BCUT2D eigenvalue weighted by atomic mass is 10.0. The van der Waals surface area contributed by atoms with Crippen molar-refractivity contribution in [2.75, 3.05) is 0 Å². The maximum Gasteiger partial charge on any atom is 0.220 e. The first-order chi connectivity index (χ1) is 7.02. The van der Waals surface area contributed by atoms with Crippen LogP contribution < -0.4 is 5.32 Å². The minimum atomic E-state index is -0.0412. The lowest BCUT2D eigenvalue weighted by molar-refractivity contribution is -0.122. The highest BCUT2D eigenvalue weighted by atomic mass is 16.1. The van der Waals surface area contributed by atoms with E-state index in [0.717, 1.165) is 12.8 Å². The molecule has 0 aliphatic rings. The van der Waals surface area contributed by atoms with Crippen molar-refractivity contribution >= 4 is 5.91 Å². The van der Waals surface area contributed by atoms with Gasteiger partial charge in [-0.1, -0.05) is 39.5 Å². The number of amides is 1. The summed E-state index contributed by atoms with van der Waals surface area (Å²) in [6.45, 7) is 8.45. The fraction of sp³-hybridized carbons (Fsp3) is 0.923. The summed E-state index contributed by atoms with van der Waals surface area (Å²) in [6, 6.07) is 0. The smallest absolute Gasteiger partial charge is 0.220 e. The van der Waals surface area contributed by atoms with Crippen LogP contribution in [0.15, 0.2) is 0 Å². The van der Waals surface area contributed by atoms with Crippen molar-refractivity contribution in [1.29, 1.82) is 0 Å². The molecule has 0 heterocycles. The number of carbonyl (C=O) groups is 1. The summed E-state index contributed by atoms with van der Waals surface area (Å²) in [5.74, 6) is 0.207. The van der Waals surface area contributed by atoms with Crippen LogP contribution in [0.5, 0.6) is 0 Å². The van der Waals surface area contributed by atoms with E-state index in [-0.39, 0.29) is 11.4 Å². The molecular weight excluding hydrogens is 186 g/mol. The van der Waals surface area contributed by atoms with E-state index >= 15 is 0 Å². The van der Waals surface area contributed by atoms with Gasteiger partial charge < -0.3 is 5.32 Å². The zero-order valence-corrected chi connectivity index (χ0v) is 10.9. The monoisotopic (exact) mass is 213 g/mol. The quantitative estimate of drug-likeness (QED) is 0.613. The van der Waals surface area contributed by atoms with Crippen LogP contribution in [-0.4, -0.2) is 11.4 Å². The topological polar surface area (TPSA) is 29.1 Å². The Balaban J connectivity index is 3.49. The Hall–Kier alpha value is -0.530. The Morgan fingerprint density at radius 3 is 2.20 bits per heavy atom. The van der Waals surface area contributed by atoms with Gasteiger partial charge in [0.25, 0.3) is 0 Å². The van der Waals surface area contributed by atoms with E-state index in [4.69, 9.17) is 0 Å². The van der Waals surface area contributed by atoms with Gasteiger partial charge in [-0.05, 0) is 26.7 Å². The van der Waals surface area contributed by atoms with E-state index < -0.39 is 0 Å². The van der Waals surface area contributed by atoms with Crippen molar-refractivity contribution in [3.05, 3.63) is 0 Å². The van der Waals surface area contributed by atoms with E-state index in [1.807, 2.05) is 0 Å². The molecule has 0 bridgehead atoms. The average Bonchev–Trinajstić information content (AvgIpc) is 2.17. The van der Waals surface area contributed by atoms with Gasteiger partial charge in [-0.2, -0.15) is 0 Å². The van der Waals surface area contributed by atoms with E-state index in [1.54, 1.807) is 0 Å². The van der Waals surface area contributed by atoms with Crippen LogP contribution in [0.1, 0.15) is 72.6 Å². The highest BCUT2D eigenvalue weighted by molar-refractivity contribution is 5.76. The van der Waals surface area contributed by atoms with Crippen molar-refractivity contribution in [2.45, 2.75) is 78.2 Å². The van der Waals surface area contributed by atoms with E-state index in [2.05, 4.69) is 33.0 Å². The molecule has 0 aliphatic carbocycles. The molecule has 0 aromatic heterocycles. The van der Waals surface area contributed by atoms with Gasteiger partial charge in [0, 0.05) is 12.0 Å². The number of rotatable bonds is 8. The van der Waals surface area contributed by atoms with Crippen molar-refractivity contribution in [3.63, 3.8) is 0 Å². The molecule has 0 rings (SSSR count). The third-order valence-corrected chi connectivity index (χ3v) is 2.87. The standard InChI is InChI=1S/C13H27NO/c1-5-7-8-9-10-11-12(15)14-13(3,4)6-2/h5-11H2,1-4H3,(H,14,15). The molecule has 0 spiro atoms. The molecule has 15 heavy (non-hydrogen) atoms. The lowest BCUT2D eigenvalue weighted by Gasteiger charge is -2.24. The summed E-state index contributed by atoms with van der Waals surface area (Å²) in [5.41, 5.74) is -0.0412. The second kappa shape index (κ2) is 7.72. The predicted octanol–water partition coefficient (Wildman–Crippen LogP) is 3.65. The third-order valence-electron chi connectivity index (χ3n) is 2.87. The Morgan fingerprint density at radius 1 is 1.07 bits per heavy atom. The summed E-state index contributed by atoms with van der Waals surface area (Å²) < 4.78 is 0. The SMILES string of the molecule is CCCCCCCC(=O)NC(C)(C)CC. The van der Waals surface area contributed by atoms with Gasteiger partial charge in [0.15, 0.2) is 0 Å². The second-order valence-electron chi connectivity index (χ2n) is 4.95. The number of hydrogen-bond donors (Lipinski definition) is 1. The first kappa shape index (κ1) is 14.5. The molecule has 0 aromatic rings. The first-order valence-electron chi connectivity index (χ1n) is 6.33. The summed E-state index contributed by atoms with van der Waals surface area (Å²) in [5, 5.41) is 3.06. The van der Waals surface area contributed by atoms with Gasteiger partial charge in [0.1, 0.15) is 0 Å². The predicted molar refractivity (Wildman–Crippen MR) is 65.9 cm³/mol. The van der Waals surface area contributed by atoms with E-state index in [1.165, 1.54) is 25.7 Å². The molecule has 2 nitrogen and oxygen atoms in total. The van der Waals surface area contributed by atoms with E-state index in [9.17, 15) is 4.79 Å². The Kier molecular flexibility index (Phi) is 7.45. The van der Waals surface area contributed by atoms with Crippen LogP contribution in [0.25, 0.3) is 0 Å². The zero-order chi connectivity index (χ0) is 11.7. The fourth-order valence-corrected chi connectivity index (χ4v) is 1.42. The molecule has 0 unspecified atom stereocenters. The average molecular weight is 213 g/mol. The highest BCUT2D eigenvalue weighted by Gasteiger charge is 2.16. The summed E-state index contributed by atoms with van der Waals surface area (Å²) >= 11 is 0. The number of nitrogens with one attached hydrogen (secondary N) is 1. The van der Waals surface area contributed by atoms with Gasteiger partial charge in [0.05, 0.1) is 0 Å². The molecule has 90 valence electrons. The molecule has 0 aliphatic heterocycles. The molecule has 0 atom stereocenters. The maximum absolute atomic E-state index is 11.5. The van der Waals surface area contributed by atoms with E-state index in [0.29, 0.717) is 6.42 Å². The number of hydrogen-bond acceptors (Lipinski definition) is 1. The molecular formula is C13H27NO. The van der Waals surface area contributed by atoms with Crippen molar-refractivity contribution in [3.8, 4) is 0 Å². The molecule has 2 heteroatoms. The van der Waals surface area contributed by atoms with Crippen molar-refractivity contribution in [1.82, 2.24) is 5.32 Å². The van der Waals surface area contributed by atoms with Crippen molar-refractivity contribution < 1.29 is 4.79 Å². The number of unbranched alkanes of at least 4 members (excludes halogenated alkanes) is 4. The van der Waals surface area contributed by atoms with Crippen LogP contribution in [-0.2, 0) is 4.79 Å². The Morgan fingerprint density at radius 2 is 1.67 bits per heavy atom. The first-order valence-corrected chi connectivity index (χ1v) is 6.33. The summed E-state index contributed by atoms with van der Waals surface area (Å²) in [6.07, 6.45) is 7.71. The van der Waals surface area contributed by atoms with Crippen LogP contribution in [0.3, 0.4) is 0 Å². The van der Waals surface area contributed by atoms with Crippen LogP contribution >= 0.6 is 0 Å². The van der Waals surface area contributed by atoms with Gasteiger partial charge in [0.2, 0.25) is 5.91 Å². The molecule has 1 N–H and O–H groups in total. The highest BCUT2D eigenvalue weighted by Crippen LogP contribution is 2.09. The zero-order valence-electron chi connectivity index (χ0n) is 10.9. The lowest BCUT2D eigenvalue weighted by Crippen LogP contribution is -2.42. The van der Waals surface area contributed by atoms with Gasteiger partial charge in [-0.15, -0.1) is 0 Å². The molecule has 0 saturated carbocycles. The molecule has 1 amide bonds. The minimum Gasteiger partial charge on any atom is -0.351 e. The molecule has 0 fully saturated rings. The largest absolute Gasteiger partial charge is 0.351 e. The molecule has 0 aromatic carbocycles. The van der Waals surface area contributed by atoms with Crippen molar-refractivity contribution in [2.24, 2.45) is 0 Å². The number of carbonyl (C=O) groups excluding carboxylic acids is 1. The van der Waals surface area contributed by atoms with Crippen LogP contribution in [0, 0.1) is 0 Å². The summed E-state index contributed by atoms with van der Waals surface area (Å²) in [4.78, 5) is 11.5. The van der Waals surface area contributed by atoms with Crippen LogP contribution in [0.2, 0.25) is 0 Å². The molecule has 0 radical (unpaired) electrons. The second-order valence-corrected chi connectivity index (χ2v) is 4.95. The molecule has 0 saturated heterocycles. The Bertz CT molecular complexity index is 175. The maximum atomic E-state index is 11.5. The van der Waals surface area contributed by atoms with Gasteiger partial charge >= 0.3 is 0 Å². The van der Waals surface area contributed by atoms with Gasteiger partial charge in [-0.3, -0.25) is 4.79 Å². The Labute approximate surface area is 94.8 Å². The summed E-state index contributed by atoms with van der Waals surface area (Å²) in [7, 11) is 0.